The Bertz CT molecular complexity index is 618. The summed E-state index contributed by atoms with van der Waals surface area (Å²) in [5.41, 5.74) is 6.28. The predicted octanol–water partition coefficient (Wildman–Crippen LogP) is 3.58. The van der Waals surface area contributed by atoms with E-state index in [0.29, 0.717) is 17.2 Å². The minimum Gasteiger partial charge on any atom is -0.383 e. The minimum absolute atomic E-state index is 0.214. The van der Waals surface area contributed by atoms with Crippen molar-refractivity contribution in [3.05, 3.63) is 50.5 Å². The Labute approximate surface area is 127 Å². The third kappa shape index (κ3) is 3.38. The molecule has 0 radical (unpaired) electrons. The molecule has 0 aliphatic carbocycles. The van der Waals surface area contributed by atoms with Gasteiger partial charge in [0, 0.05) is 6.42 Å². The van der Waals surface area contributed by atoms with Gasteiger partial charge in [-0.05, 0) is 41.1 Å². The van der Waals surface area contributed by atoms with Gasteiger partial charge in [0.15, 0.2) is 0 Å². The molecule has 0 fully saturated rings. The molecule has 2 aromatic rings. The molecule has 1 aromatic heterocycles. The summed E-state index contributed by atoms with van der Waals surface area (Å²) in [5.74, 6) is 0.764. The number of anilines is 1. The molecule has 0 saturated heterocycles. The van der Waals surface area contributed by atoms with Gasteiger partial charge in [0.25, 0.3) is 0 Å². The molecule has 3 nitrogen and oxygen atoms in total. The molecule has 0 aliphatic rings. The average molecular weight is 393 g/mol. The van der Waals surface area contributed by atoms with Gasteiger partial charge in [0.05, 0.1) is 14.8 Å². The summed E-state index contributed by atoms with van der Waals surface area (Å²) in [7, 11) is 0. The topological polar surface area (TPSA) is 51.8 Å². The quantitative estimate of drug-likeness (QED) is 0.794. The lowest BCUT2D eigenvalue weighted by atomic mass is 10.1. The fourth-order valence-electron chi connectivity index (χ4n) is 1.76. The van der Waals surface area contributed by atoms with Crippen LogP contribution in [-0.2, 0) is 12.6 Å². The number of hydrogen-bond acceptors (Lipinski definition) is 3. The van der Waals surface area contributed by atoms with E-state index in [1.165, 1.54) is 6.07 Å². The molecule has 106 valence electrons. The van der Waals surface area contributed by atoms with Gasteiger partial charge in [-0.3, -0.25) is 0 Å². The lowest BCUT2D eigenvalue weighted by molar-refractivity contribution is -0.137. The summed E-state index contributed by atoms with van der Waals surface area (Å²) in [6.07, 6.45) is -4.14. The van der Waals surface area contributed by atoms with Crippen molar-refractivity contribution in [2.75, 3.05) is 5.73 Å². The molecule has 1 heterocycles. The third-order valence-corrected chi connectivity index (χ3v) is 4.04. The standard InChI is InChI=1S/C13H11F3IN3/c1-7-11(17)12(18)20-10(19-7)6-8-3-2-4-9(5-8)13(14,15)16/h2-5H,6H2,1H3,(H2,18,19,20). The highest BCUT2D eigenvalue weighted by molar-refractivity contribution is 14.1. The highest BCUT2D eigenvalue weighted by Gasteiger charge is 2.30. The lowest BCUT2D eigenvalue weighted by Gasteiger charge is -2.09. The molecule has 0 aliphatic heterocycles. The maximum absolute atomic E-state index is 12.6. The molecule has 7 heteroatoms. The SMILES string of the molecule is Cc1nc(Cc2cccc(C(F)(F)F)c2)nc(N)c1I. The number of nitrogens with zero attached hydrogens (tertiary/aromatic N) is 2. The summed E-state index contributed by atoms with van der Waals surface area (Å²) in [6, 6.07) is 5.13. The Morgan fingerprint density at radius 2 is 1.95 bits per heavy atom. The van der Waals surface area contributed by atoms with Crippen LogP contribution in [0, 0.1) is 10.5 Å². The monoisotopic (exact) mass is 393 g/mol. The Balaban J connectivity index is 2.31. The fourth-order valence-corrected chi connectivity index (χ4v) is 2.00. The van der Waals surface area contributed by atoms with Gasteiger partial charge in [0.2, 0.25) is 0 Å². The number of aryl methyl sites for hydroxylation is 1. The molecule has 0 atom stereocenters. The maximum atomic E-state index is 12.6. The second-order valence-electron chi connectivity index (χ2n) is 4.30. The summed E-state index contributed by atoms with van der Waals surface area (Å²) < 4.78 is 38.7. The van der Waals surface area contributed by atoms with Crippen LogP contribution in [0.4, 0.5) is 19.0 Å². The van der Waals surface area contributed by atoms with E-state index in [9.17, 15) is 13.2 Å². The molecule has 0 saturated carbocycles. The molecule has 0 amide bonds. The summed E-state index contributed by atoms with van der Waals surface area (Å²) >= 11 is 2.03. The number of alkyl halides is 3. The van der Waals surface area contributed by atoms with E-state index >= 15 is 0 Å². The molecular formula is C13H11F3IN3. The smallest absolute Gasteiger partial charge is 0.383 e. The molecule has 0 spiro atoms. The molecule has 20 heavy (non-hydrogen) atoms. The first-order valence-electron chi connectivity index (χ1n) is 5.72. The maximum Gasteiger partial charge on any atom is 0.416 e. The highest BCUT2D eigenvalue weighted by atomic mass is 127. The van der Waals surface area contributed by atoms with Gasteiger partial charge in [0.1, 0.15) is 11.6 Å². The lowest BCUT2D eigenvalue weighted by Crippen LogP contribution is -2.08. The average Bonchev–Trinajstić information content (AvgIpc) is 2.35. The van der Waals surface area contributed by atoms with Gasteiger partial charge in [-0.1, -0.05) is 18.2 Å². The molecule has 0 unspecified atom stereocenters. The highest BCUT2D eigenvalue weighted by Crippen LogP contribution is 2.30. The van der Waals surface area contributed by atoms with E-state index in [0.717, 1.165) is 21.4 Å². The van der Waals surface area contributed by atoms with Gasteiger partial charge < -0.3 is 5.73 Å². The van der Waals surface area contributed by atoms with Crippen LogP contribution < -0.4 is 5.73 Å². The van der Waals surface area contributed by atoms with Crippen molar-refractivity contribution >= 4 is 28.4 Å². The fraction of sp³-hybridized carbons (Fsp3) is 0.231. The van der Waals surface area contributed by atoms with Gasteiger partial charge >= 0.3 is 6.18 Å². The Kier molecular flexibility index (Phi) is 4.17. The van der Waals surface area contributed by atoms with Crippen LogP contribution in [-0.4, -0.2) is 9.97 Å². The molecule has 2 rings (SSSR count). The van der Waals surface area contributed by atoms with Crippen molar-refractivity contribution in [3.63, 3.8) is 0 Å². The van der Waals surface area contributed by atoms with Crippen LogP contribution in [0.3, 0.4) is 0 Å². The van der Waals surface area contributed by atoms with Crippen molar-refractivity contribution in [1.82, 2.24) is 9.97 Å². The van der Waals surface area contributed by atoms with Crippen molar-refractivity contribution in [2.45, 2.75) is 19.5 Å². The number of nitrogen functional groups attached to an aromatic ring is 1. The van der Waals surface area contributed by atoms with Crippen LogP contribution in [0.1, 0.15) is 22.6 Å². The van der Waals surface area contributed by atoms with Crippen molar-refractivity contribution in [1.29, 1.82) is 0 Å². The first-order chi connectivity index (χ1) is 9.27. The summed E-state index contributed by atoms with van der Waals surface area (Å²) in [6.45, 7) is 1.79. The molecule has 2 N–H and O–H groups in total. The van der Waals surface area contributed by atoms with E-state index in [1.807, 2.05) is 22.6 Å². The molecule has 0 bridgehead atoms. The van der Waals surface area contributed by atoms with E-state index in [2.05, 4.69) is 9.97 Å². The zero-order valence-electron chi connectivity index (χ0n) is 10.5. The van der Waals surface area contributed by atoms with Crippen molar-refractivity contribution in [3.8, 4) is 0 Å². The zero-order chi connectivity index (χ0) is 14.9. The molecular weight excluding hydrogens is 382 g/mol. The second kappa shape index (κ2) is 5.55. The number of halogens is 4. The summed E-state index contributed by atoms with van der Waals surface area (Å²) in [4.78, 5) is 8.34. The van der Waals surface area contributed by atoms with Crippen LogP contribution in [0.2, 0.25) is 0 Å². The van der Waals surface area contributed by atoms with E-state index in [1.54, 1.807) is 13.0 Å². The number of rotatable bonds is 2. The second-order valence-corrected chi connectivity index (χ2v) is 5.38. The number of hydrogen-bond donors (Lipinski definition) is 1. The number of benzene rings is 1. The number of aromatic nitrogens is 2. The van der Waals surface area contributed by atoms with Gasteiger partial charge in [-0.25, -0.2) is 9.97 Å². The van der Waals surface area contributed by atoms with Crippen LogP contribution >= 0.6 is 22.6 Å². The van der Waals surface area contributed by atoms with Crippen LogP contribution in [0.5, 0.6) is 0 Å². The van der Waals surface area contributed by atoms with E-state index in [4.69, 9.17) is 5.73 Å². The largest absolute Gasteiger partial charge is 0.416 e. The predicted molar refractivity (Wildman–Crippen MR) is 78.1 cm³/mol. The Morgan fingerprint density at radius 1 is 1.25 bits per heavy atom. The van der Waals surface area contributed by atoms with Crippen LogP contribution in [0.15, 0.2) is 24.3 Å². The van der Waals surface area contributed by atoms with Gasteiger partial charge in [-0.2, -0.15) is 13.2 Å². The van der Waals surface area contributed by atoms with E-state index < -0.39 is 11.7 Å². The van der Waals surface area contributed by atoms with Gasteiger partial charge in [-0.15, -0.1) is 0 Å². The Morgan fingerprint density at radius 3 is 2.55 bits per heavy atom. The normalized spacial score (nSPS) is 11.7. The van der Waals surface area contributed by atoms with Crippen molar-refractivity contribution in [2.24, 2.45) is 0 Å². The van der Waals surface area contributed by atoms with Crippen LogP contribution in [0.25, 0.3) is 0 Å². The first kappa shape index (κ1) is 15.0. The summed E-state index contributed by atoms with van der Waals surface area (Å²) in [5, 5.41) is 0. The number of nitrogens with two attached hydrogens (primary N) is 1. The minimum atomic E-state index is -4.35. The Hall–Kier alpha value is -1.38. The van der Waals surface area contributed by atoms with E-state index in [-0.39, 0.29) is 6.42 Å². The van der Waals surface area contributed by atoms with Crippen molar-refractivity contribution < 1.29 is 13.2 Å². The first-order valence-corrected chi connectivity index (χ1v) is 6.80. The third-order valence-electron chi connectivity index (χ3n) is 2.71. The molecule has 1 aromatic carbocycles. The zero-order valence-corrected chi connectivity index (χ0v) is 12.7.